The molecule has 2 amide bonds. The summed E-state index contributed by atoms with van der Waals surface area (Å²) in [5.74, 6) is 0. The molecule has 2 heterocycles. The van der Waals surface area contributed by atoms with Crippen LogP contribution in [0, 0.1) is 10.1 Å². The molecule has 1 aromatic carbocycles. The number of thiazole rings is 1. The molecule has 0 aliphatic carbocycles. The van der Waals surface area contributed by atoms with E-state index >= 15 is 0 Å². The van der Waals surface area contributed by atoms with Crippen molar-refractivity contribution in [2.45, 2.75) is 32.4 Å². The first-order valence-electron chi connectivity index (χ1n) is 7.79. The van der Waals surface area contributed by atoms with Gasteiger partial charge in [0.2, 0.25) is 0 Å². The molecular formula is C16H18N4O3S. The average Bonchev–Trinajstić information content (AvgIpc) is 3.12. The Bertz CT molecular complexity index is 748. The second kappa shape index (κ2) is 6.96. The highest BCUT2D eigenvalue weighted by atomic mass is 32.1. The van der Waals surface area contributed by atoms with E-state index in [1.165, 1.54) is 17.4 Å². The molecule has 0 saturated carbocycles. The summed E-state index contributed by atoms with van der Waals surface area (Å²) in [6, 6.07) is 4.60. The predicted molar refractivity (Wildman–Crippen MR) is 90.9 cm³/mol. The minimum Gasteiger partial charge on any atom is -0.329 e. The fourth-order valence-electron chi connectivity index (χ4n) is 2.82. The van der Waals surface area contributed by atoms with Crippen molar-refractivity contribution in [1.29, 1.82) is 0 Å². The van der Waals surface area contributed by atoms with E-state index in [1.54, 1.807) is 23.2 Å². The minimum absolute atomic E-state index is 0.0604. The van der Waals surface area contributed by atoms with Gasteiger partial charge < -0.3 is 10.2 Å². The third-order valence-electron chi connectivity index (χ3n) is 4.16. The highest BCUT2D eigenvalue weighted by Crippen LogP contribution is 2.25. The van der Waals surface area contributed by atoms with E-state index in [-0.39, 0.29) is 17.8 Å². The van der Waals surface area contributed by atoms with Gasteiger partial charge in [-0.05, 0) is 24.0 Å². The summed E-state index contributed by atoms with van der Waals surface area (Å²) >= 11 is 1.52. The summed E-state index contributed by atoms with van der Waals surface area (Å²) in [6.07, 6.45) is 3.19. The number of hydrogen-bond donors (Lipinski definition) is 1. The van der Waals surface area contributed by atoms with Crippen molar-refractivity contribution in [2.75, 3.05) is 6.54 Å². The van der Waals surface area contributed by atoms with E-state index in [2.05, 4.69) is 10.3 Å². The standard InChI is InChI=1S/C16H18N4O3S/c1-2-14(15-17-6-8-24-15)18-16(21)19-7-5-11-3-4-13(20(22)23)9-12(11)10-19/h3-4,6,8-9,14H,2,5,7,10H2,1H3,(H,18,21)/t14-/m1/s1. The summed E-state index contributed by atoms with van der Waals surface area (Å²) in [5.41, 5.74) is 1.97. The van der Waals surface area contributed by atoms with E-state index < -0.39 is 4.92 Å². The lowest BCUT2D eigenvalue weighted by Crippen LogP contribution is -2.44. The molecule has 3 rings (SSSR count). The first-order valence-corrected chi connectivity index (χ1v) is 8.67. The third kappa shape index (κ3) is 3.38. The Balaban J connectivity index is 1.71. The number of carbonyl (C=O) groups is 1. The molecule has 0 saturated heterocycles. The molecule has 8 heteroatoms. The molecule has 1 aliphatic rings. The van der Waals surface area contributed by atoms with Crippen LogP contribution < -0.4 is 5.32 Å². The van der Waals surface area contributed by atoms with Crippen LogP contribution in [0.2, 0.25) is 0 Å². The smallest absolute Gasteiger partial charge is 0.318 e. The van der Waals surface area contributed by atoms with Gasteiger partial charge in [0.1, 0.15) is 5.01 Å². The van der Waals surface area contributed by atoms with Gasteiger partial charge >= 0.3 is 6.03 Å². The molecule has 24 heavy (non-hydrogen) atoms. The molecule has 7 nitrogen and oxygen atoms in total. The van der Waals surface area contributed by atoms with E-state index in [9.17, 15) is 14.9 Å². The van der Waals surface area contributed by atoms with Crippen LogP contribution in [0.15, 0.2) is 29.8 Å². The average molecular weight is 346 g/mol. The van der Waals surface area contributed by atoms with Gasteiger partial charge in [-0.3, -0.25) is 10.1 Å². The molecule has 0 fully saturated rings. The number of nitrogens with zero attached hydrogens (tertiary/aromatic N) is 3. The van der Waals surface area contributed by atoms with Crippen molar-refractivity contribution in [3.63, 3.8) is 0 Å². The van der Waals surface area contributed by atoms with Gasteiger partial charge in [0.25, 0.3) is 5.69 Å². The Labute approximate surface area is 143 Å². The Kier molecular flexibility index (Phi) is 4.75. The zero-order chi connectivity index (χ0) is 17.1. The predicted octanol–water partition coefficient (Wildman–Crippen LogP) is 3.27. The highest BCUT2D eigenvalue weighted by Gasteiger charge is 2.24. The van der Waals surface area contributed by atoms with Crippen molar-refractivity contribution in [3.8, 4) is 0 Å². The molecule has 1 atom stereocenters. The second-order valence-electron chi connectivity index (χ2n) is 5.66. The normalized spacial score (nSPS) is 14.8. The molecule has 0 unspecified atom stereocenters. The Morgan fingerprint density at radius 3 is 3.00 bits per heavy atom. The van der Waals surface area contributed by atoms with Gasteiger partial charge in [0.05, 0.1) is 11.0 Å². The Morgan fingerprint density at radius 1 is 1.50 bits per heavy atom. The minimum atomic E-state index is -0.408. The number of nitro groups is 1. The highest BCUT2D eigenvalue weighted by molar-refractivity contribution is 7.09. The number of amides is 2. The van der Waals surface area contributed by atoms with Crippen LogP contribution in [0.25, 0.3) is 0 Å². The summed E-state index contributed by atoms with van der Waals surface area (Å²) in [6.45, 7) is 2.99. The fraction of sp³-hybridized carbons (Fsp3) is 0.375. The Hall–Kier alpha value is -2.48. The number of hydrogen-bond acceptors (Lipinski definition) is 5. The SMILES string of the molecule is CC[C@@H](NC(=O)N1CCc2ccc([N+](=O)[O-])cc2C1)c1nccs1. The number of urea groups is 1. The molecule has 2 aromatic rings. The van der Waals surface area contributed by atoms with Gasteiger partial charge in [-0.2, -0.15) is 0 Å². The third-order valence-corrected chi connectivity index (χ3v) is 5.04. The van der Waals surface area contributed by atoms with E-state index in [1.807, 2.05) is 12.3 Å². The first kappa shape index (κ1) is 16.4. The van der Waals surface area contributed by atoms with Crippen molar-refractivity contribution < 1.29 is 9.72 Å². The van der Waals surface area contributed by atoms with Gasteiger partial charge in [0, 0.05) is 36.8 Å². The molecular weight excluding hydrogens is 328 g/mol. The lowest BCUT2D eigenvalue weighted by atomic mass is 9.99. The van der Waals surface area contributed by atoms with E-state index in [4.69, 9.17) is 0 Å². The maximum absolute atomic E-state index is 12.5. The number of non-ortho nitro benzene ring substituents is 1. The van der Waals surface area contributed by atoms with Gasteiger partial charge in [0.15, 0.2) is 0 Å². The number of carbonyl (C=O) groups excluding carboxylic acids is 1. The maximum Gasteiger partial charge on any atom is 0.318 e. The van der Waals surface area contributed by atoms with Crippen molar-refractivity contribution in [3.05, 3.63) is 56.0 Å². The number of nitro benzene ring substituents is 1. The number of rotatable bonds is 4. The largest absolute Gasteiger partial charge is 0.329 e. The van der Waals surface area contributed by atoms with Crippen LogP contribution in [-0.4, -0.2) is 27.4 Å². The van der Waals surface area contributed by atoms with Gasteiger partial charge in [-0.1, -0.05) is 13.0 Å². The maximum atomic E-state index is 12.5. The lowest BCUT2D eigenvalue weighted by Gasteiger charge is -2.30. The number of nitrogens with one attached hydrogen (secondary N) is 1. The lowest BCUT2D eigenvalue weighted by molar-refractivity contribution is -0.385. The monoisotopic (exact) mass is 346 g/mol. The summed E-state index contributed by atoms with van der Waals surface area (Å²) in [5, 5.41) is 16.7. The number of aromatic nitrogens is 1. The summed E-state index contributed by atoms with van der Waals surface area (Å²) in [7, 11) is 0. The molecule has 0 radical (unpaired) electrons. The quantitative estimate of drug-likeness (QED) is 0.680. The fourth-order valence-corrected chi connectivity index (χ4v) is 3.59. The topological polar surface area (TPSA) is 88.4 Å². The van der Waals surface area contributed by atoms with Crippen LogP contribution in [0.3, 0.4) is 0 Å². The second-order valence-corrected chi connectivity index (χ2v) is 6.59. The molecule has 1 aliphatic heterocycles. The number of fused-ring (bicyclic) bond motifs is 1. The van der Waals surface area contributed by atoms with Crippen LogP contribution >= 0.6 is 11.3 Å². The molecule has 0 spiro atoms. The van der Waals surface area contributed by atoms with E-state index in [0.29, 0.717) is 19.5 Å². The molecule has 126 valence electrons. The van der Waals surface area contributed by atoms with Crippen LogP contribution in [0.4, 0.5) is 10.5 Å². The van der Waals surface area contributed by atoms with Crippen molar-refractivity contribution >= 4 is 23.1 Å². The van der Waals surface area contributed by atoms with Crippen LogP contribution in [0.1, 0.15) is 35.5 Å². The van der Waals surface area contributed by atoms with Gasteiger partial charge in [-0.25, -0.2) is 9.78 Å². The van der Waals surface area contributed by atoms with Crippen molar-refractivity contribution in [1.82, 2.24) is 15.2 Å². The first-order chi connectivity index (χ1) is 11.6. The molecule has 1 aromatic heterocycles. The van der Waals surface area contributed by atoms with Crippen LogP contribution in [-0.2, 0) is 13.0 Å². The zero-order valence-corrected chi connectivity index (χ0v) is 14.1. The van der Waals surface area contributed by atoms with Crippen molar-refractivity contribution in [2.24, 2.45) is 0 Å². The summed E-state index contributed by atoms with van der Waals surface area (Å²) in [4.78, 5) is 29.0. The van der Waals surface area contributed by atoms with E-state index in [0.717, 1.165) is 22.6 Å². The van der Waals surface area contributed by atoms with Crippen LogP contribution in [0.5, 0.6) is 0 Å². The zero-order valence-electron chi connectivity index (χ0n) is 13.3. The van der Waals surface area contributed by atoms with Gasteiger partial charge in [-0.15, -0.1) is 11.3 Å². The molecule has 0 bridgehead atoms. The molecule has 1 N–H and O–H groups in total. The number of benzene rings is 1. The Morgan fingerprint density at radius 2 is 2.33 bits per heavy atom. The summed E-state index contributed by atoms with van der Waals surface area (Å²) < 4.78 is 0.